The van der Waals surface area contributed by atoms with Gasteiger partial charge in [-0.2, -0.15) is 0 Å². The molecule has 0 saturated heterocycles. The molecule has 0 unspecified atom stereocenters. The molecule has 1 N–H and O–H groups in total. The number of rotatable bonds is 4. The molecule has 140 valence electrons. The van der Waals surface area contributed by atoms with Crippen LogP contribution in [0.2, 0.25) is 0 Å². The Kier molecular flexibility index (Phi) is 4.36. The number of ether oxygens (including phenoxy) is 1. The van der Waals surface area contributed by atoms with E-state index in [1.807, 2.05) is 0 Å². The maximum absolute atomic E-state index is 12.8. The van der Waals surface area contributed by atoms with E-state index in [0.717, 1.165) is 0 Å². The first kappa shape index (κ1) is 17.5. The minimum Gasteiger partial charge on any atom is -0.457 e. The summed E-state index contributed by atoms with van der Waals surface area (Å²) in [6.45, 7) is 1.63. The van der Waals surface area contributed by atoms with Crippen LogP contribution in [-0.4, -0.2) is 20.4 Å². The number of benzene rings is 1. The minimum atomic E-state index is -0.441. The first-order valence-corrected chi connectivity index (χ1v) is 8.47. The van der Waals surface area contributed by atoms with Gasteiger partial charge >= 0.3 is 0 Å². The van der Waals surface area contributed by atoms with Gasteiger partial charge in [-0.1, -0.05) is 0 Å². The number of aromatic nitrogens is 3. The number of aryl methyl sites for hydroxylation is 2. The predicted molar refractivity (Wildman–Crippen MR) is 103 cm³/mol. The summed E-state index contributed by atoms with van der Waals surface area (Å²) in [5.41, 5.74) is 0.544. The van der Waals surface area contributed by atoms with Gasteiger partial charge in [0.05, 0.1) is 5.56 Å². The number of nitrogens with zero attached hydrogens (tertiary/aromatic N) is 3. The molecule has 28 heavy (non-hydrogen) atoms. The minimum absolute atomic E-state index is 0.145. The summed E-state index contributed by atoms with van der Waals surface area (Å²) in [7, 11) is 1.57. The Morgan fingerprint density at radius 3 is 2.50 bits per heavy atom. The van der Waals surface area contributed by atoms with E-state index >= 15 is 0 Å². The highest BCUT2D eigenvalue weighted by Gasteiger charge is 2.22. The van der Waals surface area contributed by atoms with Crippen LogP contribution in [0.25, 0.3) is 11.1 Å². The largest absolute Gasteiger partial charge is 0.457 e. The molecule has 0 aliphatic carbocycles. The lowest BCUT2D eigenvalue weighted by Crippen LogP contribution is -2.20. The molecule has 3 aromatic heterocycles. The first-order valence-electron chi connectivity index (χ1n) is 8.47. The molecule has 4 rings (SSSR count). The molecule has 4 aromatic rings. The highest BCUT2D eigenvalue weighted by atomic mass is 16.5. The van der Waals surface area contributed by atoms with E-state index < -0.39 is 5.91 Å². The molecular weight excluding hydrogens is 360 g/mol. The van der Waals surface area contributed by atoms with Crippen molar-refractivity contribution in [2.45, 2.75) is 6.92 Å². The molecule has 1 aromatic carbocycles. The maximum Gasteiger partial charge on any atom is 0.265 e. The number of carbonyl (C=O) groups is 1. The van der Waals surface area contributed by atoms with E-state index in [0.29, 0.717) is 22.9 Å². The van der Waals surface area contributed by atoms with Crippen molar-refractivity contribution in [2.75, 3.05) is 5.32 Å². The normalized spacial score (nSPS) is 10.8. The van der Waals surface area contributed by atoms with E-state index in [1.165, 1.54) is 10.9 Å². The highest BCUT2D eigenvalue weighted by molar-refractivity contribution is 6.12. The number of hydrogen-bond acceptors (Lipinski definition) is 6. The molecule has 8 heteroatoms. The van der Waals surface area contributed by atoms with Crippen molar-refractivity contribution in [2.24, 2.45) is 7.05 Å². The van der Waals surface area contributed by atoms with E-state index in [9.17, 15) is 9.59 Å². The molecule has 1 amide bonds. The van der Waals surface area contributed by atoms with Crippen molar-refractivity contribution >= 4 is 22.7 Å². The number of fused-ring (bicyclic) bond motifs is 1. The van der Waals surface area contributed by atoms with Gasteiger partial charge in [0, 0.05) is 25.1 Å². The van der Waals surface area contributed by atoms with Gasteiger partial charge < -0.3 is 19.0 Å². The third-order valence-electron chi connectivity index (χ3n) is 4.17. The number of anilines is 1. The lowest BCUT2D eigenvalue weighted by atomic mass is 10.1. The average Bonchev–Trinajstić information content (AvgIpc) is 3.04. The molecule has 0 radical (unpaired) electrons. The van der Waals surface area contributed by atoms with Gasteiger partial charge in [-0.25, -0.2) is 4.98 Å². The summed E-state index contributed by atoms with van der Waals surface area (Å²) in [5, 5.41) is 2.94. The van der Waals surface area contributed by atoms with Gasteiger partial charge in [-0.3, -0.25) is 14.6 Å². The van der Waals surface area contributed by atoms with Crippen LogP contribution in [-0.2, 0) is 7.05 Å². The van der Waals surface area contributed by atoms with E-state index in [2.05, 4.69) is 15.3 Å². The number of pyridine rings is 1. The molecule has 0 atom stereocenters. The third-order valence-corrected chi connectivity index (χ3v) is 4.17. The first-order chi connectivity index (χ1) is 13.5. The van der Waals surface area contributed by atoms with Crippen molar-refractivity contribution in [1.29, 1.82) is 0 Å². The van der Waals surface area contributed by atoms with Crippen LogP contribution in [0.5, 0.6) is 11.5 Å². The monoisotopic (exact) mass is 376 g/mol. The highest BCUT2D eigenvalue weighted by Crippen LogP contribution is 2.24. The topological polar surface area (TPSA) is 99.2 Å². The Bertz CT molecular complexity index is 1210. The quantitative estimate of drug-likeness (QED) is 0.587. The summed E-state index contributed by atoms with van der Waals surface area (Å²) >= 11 is 0. The van der Waals surface area contributed by atoms with Gasteiger partial charge in [0.25, 0.3) is 11.5 Å². The number of carbonyl (C=O) groups excluding carboxylic acids is 1. The van der Waals surface area contributed by atoms with E-state index in [-0.39, 0.29) is 22.2 Å². The zero-order valence-corrected chi connectivity index (χ0v) is 15.2. The molecule has 0 fully saturated rings. The summed E-state index contributed by atoms with van der Waals surface area (Å²) in [5.74, 6) is 1.17. The van der Waals surface area contributed by atoms with Crippen LogP contribution in [0, 0.1) is 6.92 Å². The number of hydrogen-bond donors (Lipinski definition) is 1. The smallest absolute Gasteiger partial charge is 0.265 e. The number of nitrogens with one attached hydrogen (secondary N) is 1. The Morgan fingerprint density at radius 2 is 1.79 bits per heavy atom. The lowest BCUT2D eigenvalue weighted by molar-refractivity contribution is 0.102. The third kappa shape index (κ3) is 3.23. The average molecular weight is 376 g/mol. The fraction of sp³-hybridized carbons (Fsp3) is 0.100. The van der Waals surface area contributed by atoms with Gasteiger partial charge in [-0.05, 0) is 43.3 Å². The van der Waals surface area contributed by atoms with Crippen LogP contribution in [0.15, 0.2) is 64.3 Å². The van der Waals surface area contributed by atoms with Crippen molar-refractivity contribution in [3.63, 3.8) is 0 Å². The second-order valence-electron chi connectivity index (χ2n) is 6.14. The molecular formula is C20H16N4O4. The molecule has 3 heterocycles. The Morgan fingerprint density at radius 1 is 1.11 bits per heavy atom. The zero-order valence-electron chi connectivity index (χ0n) is 15.2. The summed E-state index contributed by atoms with van der Waals surface area (Å²) < 4.78 is 12.5. The standard InChI is InChI=1S/C20H16N4O4/c1-12-16(17-19(27-12)22-11-24(2)20(17)26)18(25)23-13-3-5-14(6-4-13)28-15-7-9-21-10-8-15/h3-11H,1-2H3,(H,23,25). The van der Waals surface area contributed by atoms with Gasteiger partial charge in [-0.15, -0.1) is 0 Å². The van der Waals surface area contributed by atoms with Gasteiger partial charge in [0.15, 0.2) is 0 Å². The van der Waals surface area contributed by atoms with Crippen LogP contribution in [0.1, 0.15) is 16.1 Å². The number of amides is 1. The molecule has 8 nitrogen and oxygen atoms in total. The van der Waals surface area contributed by atoms with Crippen molar-refractivity contribution < 1.29 is 13.9 Å². The fourth-order valence-corrected chi connectivity index (χ4v) is 2.80. The zero-order chi connectivity index (χ0) is 19.7. The Labute approximate surface area is 159 Å². The summed E-state index contributed by atoms with van der Waals surface area (Å²) in [4.78, 5) is 33.2. The van der Waals surface area contributed by atoms with E-state index in [4.69, 9.17) is 9.15 Å². The number of furan rings is 1. The van der Waals surface area contributed by atoms with E-state index in [1.54, 1.807) is 62.8 Å². The molecule has 0 spiro atoms. The van der Waals surface area contributed by atoms with Crippen LogP contribution < -0.4 is 15.6 Å². The van der Waals surface area contributed by atoms with Crippen LogP contribution in [0.3, 0.4) is 0 Å². The molecule has 0 saturated carbocycles. The maximum atomic E-state index is 12.8. The molecule has 0 bridgehead atoms. The van der Waals surface area contributed by atoms with Crippen LogP contribution >= 0.6 is 0 Å². The molecule has 0 aliphatic rings. The van der Waals surface area contributed by atoms with Gasteiger partial charge in [0.1, 0.15) is 29.0 Å². The molecule has 0 aliphatic heterocycles. The van der Waals surface area contributed by atoms with Crippen molar-refractivity contribution in [3.05, 3.63) is 76.8 Å². The van der Waals surface area contributed by atoms with Crippen LogP contribution in [0.4, 0.5) is 5.69 Å². The fourth-order valence-electron chi connectivity index (χ4n) is 2.80. The van der Waals surface area contributed by atoms with Crippen molar-refractivity contribution in [1.82, 2.24) is 14.5 Å². The predicted octanol–water partition coefficient (Wildman–Crippen LogP) is 3.27. The second-order valence-corrected chi connectivity index (χ2v) is 6.14. The van der Waals surface area contributed by atoms with Crippen molar-refractivity contribution in [3.8, 4) is 11.5 Å². The Balaban J connectivity index is 1.57. The Hall–Kier alpha value is -3.94. The summed E-state index contributed by atoms with van der Waals surface area (Å²) in [6.07, 6.45) is 4.64. The SMILES string of the molecule is Cc1oc2ncn(C)c(=O)c2c1C(=O)Nc1ccc(Oc2ccncc2)cc1. The lowest BCUT2D eigenvalue weighted by Gasteiger charge is -2.08. The second kappa shape index (κ2) is 6.99. The van der Waals surface area contributed by atoms with Gasteiger partial charge in [0.2, 0.25) is 5.71 Å². The summed E-state index contributed by atoms with van der Waals surface area (Å²) in [6, 6.07) is 10.4.